The second-order valence-electron chi connectivity index (χ2n) is 6.34. The highest BCUT2D eigenvalue weighted by molar-refractivity contribution is 7.91. The molecule has 0 aromatic carbocycles. The lowest BCUT2D eigenvalue weighted by molar-refractivity contribution is -0.132. The Morgan fingerprint density at radius 1 is 1.17 bits per heavy atom. The summed E-state index contributed by atoms with van der Waals surface area (Å²) in [5, 5.41) is 0. The van der Waals surface area contributed by atoms with Crippen LogP contribution in [-0.4, -0.2) is 72.8 Å². The number of carbonyl (C=O) groups is 1. The maximum absolute atomic E-state index is 12.3. The van der Waals surface area contributed by atoms with Crippen LogP contribution in [0.2, 0.25) is 0 Å². The van der Waals surface area contributed by atoms with E-state index in [9.17, 15) is 13.2 Å². The molecule has 1 aromatic rings. The van der Waals surface area contributed by atoms with Gasteiger partial charge in [0.25, 0.3) is 0 Å². The van der Waals surface area contributed by atoms with Crippen LogP contribution in [-0.2, 0) is 21.1 Å². The molecule has 2 aliphatic rings. The fourth-order valence-corrected chi connectivity index (χ4v) is 4.83. The minimum absolute atomic E-state index is 0.142. The zero-order chi connectivity index (χ0) is 16.3. The van der Waals surface area contributed by atoms with Gasteiger partial charge in [-0.15, -0.1) is 0 Å². The fraction of sp³-hybridized carbons (Fsp3) is 0.625. The topological polar surface area (TPSA) is 70.6 Å². The predicted octanol–water partition coefficient (Wildman–Crippen LogP) is 0.346. The molecule has 0 aliphatic carbocycles. The summed E-state index contributed by atoms with van der Waals surface area (Å²) in [4.78, 5) is 20.6. The van der Waals surface area contributed by atoms with Gasteiger partial charge in [0.05, 0.1) is 17.9 Å². The van der Waals surface area contributed by atoms with Crippen LogP contribution in [0.25, 0.3) is 0 Å². The minimum Gasteiger partial charge on any atom is -0.340 e. The molecule has 6 nitrogen and oxygen atoms in total. The highest BCUT2D eigenvalue weighted by atomic mass is 32.2. The fourth-order valence-electron chi connectivity index (χ4n) is 3.37. The Balaban J connectivity index is 1.48. The summed E-state index contributed by atoms with van der Waals surface area (Å²) in [6.45, 7) is 3.12. The van der Waals surface area contributed by atoms with E-state index >= 15 is 0 Å². The number of piperazine rings is 1. The van der Waals surface area contributed by atoms with E-state index in [0.717, 1.165) is 44.6 Å². The molecule has 3 rings (SSSR count). The standard InChI is InChI=1S/C16H23N3O3S/c20-16(12-14-2-1-5-17-13-14)19-8-6-18(7-9-19)15-3-10-23(21,22)11-4-15/h1-2,5,13,15H,3-4,6-12H2. The Morgan fingerprint density at radius 2 is 1.87 bits per heavy atom. The van der Waals surface area contributed by atoms with Crippen LogP contribution < -0.4 is 0 Å². The molecular formula is C16H23N3O3S. The van der Waals surface area contributed by atoms with Crippen molar-refractivity contribution < 1.29 is 13.2 Å². The molecule has 1 amide bonds. The lowest BCUT2D eigenvalue weighted by Crippen LogP contribution is -2.53. The molecule has 126 valence electrons. The van der Waals surface area contributed by atoms with Crippen molar-refractivity contribution in [1.82, 2.24) is 14.8 Å². The largest absolute Gasteiger partial charge is 0.340 e. The zero-order valence-corrected chi connectivity index (χ0v) is 14.0. The molecule has 23 heavy (non-hydrogen) atoms. The highest BCUT2D eigenvalue weighted by Gasteiger charge is 2.30. The Hall–Kier alpha value is -1.47. The maximum atomic E-state index is 12.3. The van der Waals surface area contributed by atoms with Crippen molar-refractivity contribution in [3.05, 3.63) is 30.1 Å². The lowest BCUT2D eigenvalue weighted by atomic mass is 10.1. The first-order valence-electron chi connectivity index (χ1n) is 8.15. The third-order valence-corrected chi connectivity index (χ3v) is 6.50. The minimum atomic E-state index is -2.81. The van der Waals surface area contributed by atoms with Crippen molar-refractivity contribution in [1.29, 1.82) is 0 Å². The zero-order valence-electron chi connectivity index (χ0n) is 13.2. The molecule has 0 bridgehead atoms. The van der Waals surface area contributed by atoms with Gasteiger partial charge in [0.15, 0.2) is 0 Å². The number of rotatable bonds is 3. The molecule has 2 aliphatic heterocycles. The van der Waals surface area contributed by atoms with E-state index in [-0.39, 0.29) is 5.91 Å². The molecule has 2 saturated heterocycles. The number of hydrogen-bond acceptors (Lipinski definition) is 5. The first kappa shape index (κ1) is 16.4. The van der Waals surface area contributed by atoms with E-state index in [1.807, 2.05) is 17.0 Å². The number of aromatic nitrogens is 1. The molecule has 3 heterocycles. The van der Waals surface area contributed by atoms with Crippen LogP contribution in [0.3, 0.4) is 0 Å². The van der Waals surface area contributed by atoms with Crippen molar-refractivity contribution >= 4 is 15.7 Å². The summed E-state index contributed by atoms with van der Waals surface area (Å²) in [6, 6.07) is 4.12. The number of amides is 1. The van der Waals surface area contributed by atoms with Crippen molar-refractivity contribution in [2.45, 2.75) is 25.3 Å². The second kappa shape index (κ2) is 6.97. The summed E-state index contributed by atoms with van der Waals surface area (Å²) in [5.74, 6) is 0.749. The van der Waals surface area contributed by atoms with Gasteiger partial charge in [0.2, 0.25) is 5.91 Å². The Bertz CT molecular complexity index is 626. The number of carbonyl (C=O) groups excluding carboxylic acids is 1. The number of nitrogens with zero attached hydrogens (tertiary/aromatic N) is 3. The van der Waals surface area contributed by atoms with Gasteiger partial charge in [-0.05, 0) is 24.5 Å². The Morgan fingerprint density at radius 3 is 2.48 bits per heavy atom. The van der Waals surface area contributed by atoms with Gasteiger partial charge in [-0.1, -0.05) is 6.07 Å². The van der Waals surface area contributed by atoms with Crippen LogP contribution in [0.1, 0.15) is 18.4 Å². The molecule has 0 atom stereocenters. The third-order valence-electron chi connectivity index (χ3n) is 4.79. The summed E-state index contributed by atoms with van der Waals surface area (Å²) in [5.41, 5.74) is 0.942. The van der Waals surface area contributed by atoms with Gasteiger partial charge in [0, 0.05) is 44.6 Å². The quantitative estimate of drug-likeness (QED) is 0.796. The number of sulfone groups is 1. The van der Waals surface area contributed by atoms with Crippen molar-refractivity contribution in [2.24, 2.45) is 0 Å². The second-order valence-corrected chi connectivity index (χ2v) is 8.64. The van der Waals surface area contributed by atoms with Gasteiger partial charge in [-0.3, -0.25) is 14.7 Å². The predicted molar refractivity (Wildman–Crippen MR) is 87.8 cm³/mol. The van der Waals surface area contributed by atoms with E-state index in [2.05, 4.69) is 9.88 Å². The molecular weight excluding hydrogens is 314 g/mol. The molecule has 0 spiro atoms. The molecule has 0 unspecified atom stereocenters. The average Bonchev–Trinajstić information content (AvgIpc) is 2.56. The van der Waals surface area contributed by atoms with Gasteiger partial charge >= 0.3 is 0 Å². The molecule has 0 radical (unpaired) electrons. The molecule has 1 aromatic heterocycles. The van der Waals surface area contributed by atoms with Gasteiger partial charge in [-0.2, -0.15) is 0 Å². The van der Waals surface area contributed by atoms with Crippen molar-refractivity contribution in [3.63, 3.8) is 0 Å². The van der Waals surface area contributed by atoms with Crippen LogP contribution in [0, 0.1) is 0 Å². The smallest absolute Gasteiger partial charge is 0.227 e. The molecule has 0 N–H and O–H groups in total. The average molecular weight is 337 g/mol. The van der Waals surface area contributed by atoms with E-state index in [1.54, 1.807) is 12.4 Å². The summed E-state index contributed by atoms with van der Waals surface area (Å²) in [6.07, 6.45) is 5.29. The third kappa shape index (κ3) is 4.29. The molecule has 0 saturated carbocycles. The number of hydrogen-bond donors (Lipinski definition) is 0. The first-order valence-corrected chi connectivity index (χ1v) is 9.97. The Kier molecular flexibility index (Phi) is 4.96. The van der Waals surface area contributed by atoms with Crippen LogP contribution in [0.5, 0.6) is 0 Å². The molecule has 7 heteroatoms. The van der Waals surface area contributed by atoms with Crippen molar-refractivity contribution in [3.8, 4) is 0 Å². The van der Waals surface area contributed by atoms with E-state index in [0.29, 0.717) is 24.0 Å². The number of pyridine rings is 1. The monoisotopic (exact) mass is 337 g/mol. The van der Waals surface area contributed by atoms with Crippen LogP contribution in [0.15, 0.2) is 24.5 Å². The first-order chi connectivity index (χ1) is 11.0. The van der Waals surface area contributed by atoms with E-state index in [4.69, 9.17) is 0 Å². The highest BCUT2D eigenvalue weighted by Crippen LogP contribution is 2.19. The van der Waals surface area contributed by atoms with Crippen molar-refractivity contribution in [2.75, 3.05) is 37.7 Å². The maximum Gasteiger partial charge on any atom is 0.227 e. The molecule has 2 fully saturated rings. The van der Waals surface area contributed by atoms with E-state index in [1.165, 1.54) is 0 Å². The van der Waals surface area contributed by atoms with Gasteiger partial charge in [-0.25, -0.2) is 8.42 Å². The van der Waals surface area contributed by atoms with E-state index < -0.39 is 9.84 Å². The summed E-state index contributed by atoms with van der Waals surface area (Å²) >= 11 is 0. The SMILES string of the molecule is O=C(Cc1cccnc1)N1CCN(C2CCS(=O)(=O)CC2)CC1. The van der Waals surface area contributed by atoms with Crippen LogP contribution >= 0.6 is 0 Å². The normalized spacial score (nSPS) is 22.9. The summed E-state index contributed by atoms with van der Waals surface area (Å²) < 4.78 is 23.0. The van der Waals surface area contributed by atoms with Gasteiger partial charge < -0.3 is 4.90 Å². The van der Waals surface area contributed by atoms with Gasteiger partial charge in [0.1, 0.15) is 9.84 Å². The summed E-state index contributed by atoms with van der Waals surface area (Å²) in [7, 11) is -2.81. The lowest BCUT2D eigenvalue weighted by Gasteiger charge is -2.40. The van der Waals surface area contributed by atoms with Crippen LogP contribution in [0.4, 0.5) is 0 Å². The Labute approximate surface area is 137 Å².